The van der Waals surface area contributed by atoms with Gasteiger partial charge in [-0.05, 0) is 6.07 Å². The van der Waals surface area contributed by atoms with Gasteiger partial charge in [-0.1, -0.05) is 6.58 Å². The molecule has 0 unspecified atom stereocenters. The lowest BCUT2D eigenvalue weighted by Crippen LogP contribution is -2.28. The number of nitrogens with two attached hydrogens (primary N) is 2. The van der Waals surface area contributed by atoms with Gasteiger partial charge >= 0.3 is 0 Å². The predicted octanol–water partition coefficient (Wildman–Crippen LogP) is -1.74. The Morgan fingerprint density at radius 2 is 1.79 bits per heavy atom. The van der Waals surface area contributed by atoms with Crippen LogP contribution in [0.1, 0.15) is 0 Å². The number of aromatic nitrogens is 5. The van der Waals surface area contributed by atoms with E-state index in [9.17, 15) is 0 Å². The van der Waals surface area contributed by atoms with Crippen molar-refractivity contribution in [2.45, 2.75) is 0 Å². The Bertz CT molecular complexity index is 886. The highest BCUT2D eigenvalue weighted by molar-refractivity contribution is 5.77. The van der Waals surface area contributed by atoms with Crippen molar-refractivity contribution in [1.82, 2.24) is 35.4 Å². The fourth-order valence-corrected chi connectivity index (χ4v) is 1.92. The van der Waals surface area contributed by atoms with Crippen LogP contribution in [0.2, 0.25) is 0 Å². The van der Waals surface area contributed by atoms with Crippen molar-refractivity contribution >= 4 is 11.9 Å². The number of aliphatic imine (C=N–C) groups is 1. The minimum absolute atomic E-state index is 0.0242. The molecule has 0 amide bonds. The van der Waals surface area contributed by atoms with Crippen molar-refractivity contribution in [1.29, 1.82) is 0 Å². The van der Waals surface area contributed by atoms with Crippen LogP contribution >= 0.6 is 0 Å². The van der Waals surface area contributed by atoms with Crippen molar-refractivity contribution in [3.63, 3.8) is 0 Å². The standard InChI is InChI=1S/C15H22N12O2/c1-10(18-5-7-28)11(12(19-6-8-29)23-13(16)17)24-25-14-22-9-27(26-14)15-20-3-2-4-21-15/h2-4,9,18-19,28-29H,1,5-8H2,(H4,16,17,23)/b12-11+,25-24+. The second-order valence-corrected chi connectivity index (χ2v) is 5.25. The molecular formula is C15H22N12O2. The van der Waals surface area contributed by atoms with Crippen molar-refractivity contribution in [2.24, 2.45) is 26.7 Å². The topological polar surface area (TPSA) is 210 Å². The number of aliphatic hydroxyl groups is 2. The van der Waals surface area contributed by atoms with Crippen LogP contribution in [0, 0.1) is 0 Å². The van der Waals surface area contributed by atoms with Gasteiger partial charge in [0.1, 0.15) is 6.33 Å². The van der Waals surface area contributed by atoms with Crippen LogP contribution in [-0.2, 0) is 0 Å². The minimum Gasteiger partial charge on any atom is -0.395 e. The summed E-state index contributed by atoms with van der Waals surface area (Å²) in [5.41, 5.74) is 11.3. The lowest BCUT2D eigenvalue weighted by atomic mass is 10.3. The van der Waals surface area contributed by atoms with E-state index in [2.05, 4.69) is 52.5 Å². The van der Waals surface area contributed by atoms with Crippen molar-refractivity contribution in [3.8, 4) is 5.95 Å². The molecule has 14 heteroatoms. The maximum absolute atomic E-state index is 9.07. The molecule has 2 aromatic rings. The summed E-state index contributed by atoms with van der Waals surface area (Å²) in [7, 11) is 0. The van der Waals surface area contributed by atoms with Gasteiger partial charge in [0.05, 0.1) is 18.9 Å². The van der Waals surface area contributed by atoms with Gasteiger partial charge in [0.25, 0.3) is 11.9 Å². The number of azo groups is 1. The van der Waals surface area contributed by atoms with Crippen molar-refractivity contribution < 1.29 is 10.2 Å². The van der Waals surface area contributed by atoms with E-state index in [1.165, 1.54) is 11.0 Å². The van der Waals surface area contributed by atoms with Gasteiger partial charge in [0, 0.05) is 25.5 Å². The normalized spacial score (nSPS) is 11.8. The van der Waals surface area contributed by atoms with Crippen LogP contribution in [0.4, 0.5) is 5.95 Å². The molecule has 0 saturated heterocycles. The second kappa shape index (κ2) is 11.1. The van der Waals surface area contributed by atoms with Crippen LogP contribution in [0.3, 0.4) is 0 Å². The molecule has 0 bridgehead atoms. The van der Waals surface area contributed by atoms with Gasteiger partial charge in [-0.15, -0.1) is 15.3 Å². The Labute approximate surface area is 165 Å². The van der Waals surface area contributed by atoms with Crippen LogP contribution < -0.4 is 22.1 Å². The first-order valence-corrected chi connectivity index (χ1v) is 8.38. The zero-order valence-electron chi connectivity index (χ0n) is 15.5. The fourth-order valence-electron chi connectivity index (χ4n) is 1.92. The summed E-state index contributed by atoms with van der Waals surface area (Å²) in [5.74, 6) is 0.217. The maximum atomic E-state index is 9.07. The average Bonchev–Trinajstić information content (AvgIpc) is 3.19. The molecule has 2 heterocycles. The molecular weight excluding hydrogens is 380 g/mol. The number of rotatable bonds is 11. The maximum Gasteiger partial charge on any atom is 0.287 e. The zero-order chi connectivity index (χ0) is 21.1. The molecule has 0 aromatic carbocycles. The van der Waals surface area contributed by atoms with Gasteiger partial charge in [0.2, 0.25) is 0 Å². The zero-order valence-corrected chi connectivity index (χ0v) is 15.5. The van der Waals surface area contributed by atoms with E-state index in [1.54, 1.807) is 18.5 Å². The minimum atomic E-state index is -0.239. The van der Waals surface area contributed by atoms with Crippen LogP contribution in [-0.4, -0.2) is 67.2 Å². The van der Waals surface area contributed by atoms with E-state index in [1.807, 2.05) is 0 Å². The van der Waals surface area contributed by atoms with Gasteiger partial charge in [-0.2, -0.15) is 14.7 Å². The molecule has 0 fully saturated rings. The smallest absolute Gasteiger partial charge is 0.287 e. The molecule has 2 aromatic heterocycles. The van der Waals surface area contributed by atoms with Crippen molar-refractivity contribution in [2.75, 3.05) is 26.3 Å². The molecule has 154 valence electrons. The van der Waals surface area contributed by atoms with E-state index in [-0.39, 0.29) is 55.4 Å². The van der Waals surface area contributed by atoms with Crippen LogP contribution in [0.5, 0.6) is 0 Å². The van der Waals surface area contributed by atoms with Crippen molar-refractivity contribution in [3.05, 3.63) is 48.6 Å². The quantitative estimate of drug-likeness (QED) is 0.108. The predicted molar refractivity (Wildman–Crippen MR) is 104 cm³/mol. The summed E-state index contributed by atoms with van der Waals surface area (Å²) in [6.07, 6.45) is 4.52. The molecule has 0 aliphatic heterocycles. The first kappa shape index (κ1) is 21.4. The molecule has 0 atom stereocenters. The van der Waals surface area contributed by atoms with Crippen LogP contribution in [0.15, 0.2) is 63.8 Å². The number of nitrogens with zero attached hydrogens (tertiary/aromatic N) is 8. The lowest BCUT2D eigenvalue weighted by Gasteiger charge is -2.12. The first-order chi connectivity index (χ1) is 14.0. The average molecular weight is 402 g/mol. The monoisotopic (exact) mass is 402 g/mol. The number of aliphatic hydroxyl groups excluding tert-OH is 2. The molecule has 0 spiro atoms. The van der Waals surface area contributed by atoms with Gasteiger partial charge in [-0.3, -0.25) is 0 Å². The Morgan fingerprint density at radius 1 is 1.10 bits per heavy atom. The third-order valence-corrected chi connectivity index (χ3v) is 3.08. The van der Waals surface area contributed by atoms with Gasteiger partial charge in [-0.25, -0.2) is 9.97 Å². The molecule has 8 N–H and O–H groups in total. The molecule has 29 heavy (non-hydrogen) atoms. The second-order valence-electron chi connectivity index (χ2n) is 5.25. The van der Waals surface area contributed by atoms with E-state index in [4.69, 9.17) is 21.7 Å². The number of hydrogen-bond acceptors (Lipinski definition) is 11. The molecule has 0 aliphatic rings. The Balaban J connectivity index is 2.35. The Morgan fingerprint density at radius 3 is 2.45 bits per heavy atom. The lowest BCUT2D eigenvalue weighted by molar-refractivity contribution is 0.296. The van der Waals surface area contributed by atoms with Gasteiger partial charge in [0.15, 0.2) is 17.5 Å². The molecule has 0 radical (unpaired) electrons. The summed E-state index contributed by atoms with van der Waals surface area (Å²) in [6.45, 7) is 3.90. The summed E-state index contributed by atoms with van der Waals surface area (Å²) < 4.78 is 1.33. The summed E-state index contributed by atoms with van der Waals surface area (Å²) in [6, 6.07) is 1.67. The summed E-state index contributed by atoms with van der Waals surface area (Å²) >= 11 is 0. The molecule has 2 rings (SSSR count). The van der Waals surface area contributed by atoms with E-state index in [0.717, 1.165) is 0 Å². The van der Waals surface area contributed by atoms with Gasteiger partial charge < -0.3 is 32.3 Å². The SMILES string of the molecule is C=C(NCCO)C(/N=N/c1ncn(-c2ncccn2)n1)=C(\N=C(N)N)NCCO. The summed E-state index contributed by atoms with van der Waals surface area (Å²) in [5, 5.41) is 35.9. The Hall–Kier alpha value is -3.91. The third-order valence-electron chi connectivity index (χ3n) is 3.08. The highest BCUT2D eigenvalue weighted by Gasteiger charge is 2.12. The third kappa shape index (κ3) is 6.64. The van der Waals surface area contributed by atoms with E-state index >= 15 is 0 Å². The molecule has 0 aliphatic carbocycles. The largest absolute Gasteiger partial charge is 0.395 e. The highest BCUT2D eigenvalue weighted by Crippen LogP contribution is 2.16. The number of guanidine groups is 1. The fraction of sp³-hybridized carbons (Fsp3) is 0.267. The van der Waals surface area contributed by atoms with E-state index in [0.29, 0.717) is 5.95 Å². The Kier molecular flexibility index (Phi) is 8.15. The summed E-state index contributed by atoms with van der Waals surface area (Å²) in [4.78, 5) is 16.1. The molecule has 14 nitrogen and oxygen atoms in total. The first-order valence-electron chi connectivity index (χ1n) is 8.38. The molecule has 0 saturated carbocycles. The van der Waals surface area contributed by atoms with E-state index < -0.39 is 0 Å². The van der Waals surface area contributed by atoms with Crippen LogP contribution in [0.25, 0.3) is 5.95 Å². The number of hydrogen-bond donors (Lipinski definition) is 6. The highest BCUT2D eigenvalue weighted by atomic mass is 16.3. The number of nitrogens with one attached hydrogen (secondary N) is 2.